The maximum atomic E-state index is 4.63. The highest BCUT2D eigenvalue weighted by atomic mass is 15.1. The van der Waals surface area contributed by atoms with E-state index in [-0.39, 0.29) is 0 Å². The number of allylic oxidation sites excluding steroid dienone is 2. The van der Waals surface area contributed by atoms with Crippen LogP contribution in [0.2, 0.25) is 0 Å². The van der Waals surface area contributed by atoms with Crippen LogP contribution in [0.5, 0.6) is 0 Å². The molecule has 0 radical (unpaired) electrons. The molecule has 2 aromatic heterocycles. The van der Waals surface area contributed by atoms with Gasteiger partial charge in [-0.05, 0) is 50.0 Å². The molecule has 0 bridgehead atoms. The van der Waals surface area contributed by atoms with E-state index < -0.39 is 0 Å². The van der Waals surface area contributed by atoms with Gasteiger partial charge in [0.05, 0.1) is 5.69 Å². The molecule has 2 rings (SSSR count). The maximum Gasteiger partial charge on any atom is 0.223 e. The van der Waals surface area contributed by atoms with E-state index in [4.69, 9.17) is 0 Å². The van der Waals surface area contributed by atoms with Gasteiger partial charge in [-0.3, -0.25) is 0 Å². The van der Waals surface area contributed by atoms with Crippen LogP contribution in [-0.2, 0) is 0 Å². The van der Waals surface area contributed by atoms with Crippen molar-refractivity contribution in [2.45, 2.75) is 40.0 Å². The van der Waals surface area contributed by atoms with Gasteiger partial charge in [0.15, 0.2) is 0 Å². The molecule has 0 aliphatic carbocycles. The summed E-state index contributed by atoms with van der Waals surface area (Å²) in [5, 5.41) is 9.91. The Morgan fingerprint density at radius 2 is 2.00 bits per heavy atom. The monoisotopic (exact) mass is 434 g/mol. The summed E-state index contributed by atoms with van der Waals surface area (Å²) < 4.78 is 0. The predicted octanol–water partition coefficient (Wildman–Crippen LogP) is 5.31. The van der Waals surface area contributed by atoms with Crippen LogP contribution < -0.4 is 16.0 Å². The molecule has 2 heterocycles. The predicted molar refractivity (Wildman–Crippen MR) is 137 cm³/mol. The minimum absolute atomic E-state index is 0.527. The molecule has 32 heavy (non-hydrogen) atoms. The van der Waals surface area contributed by atoms with Gasteiger partial charge in [-0.15, -0.1) is 0 Å². The molecule has 6 heteroatoms. The van der Waals surface area contributed by atoms with E-state index in [0.717, 1.165) is 42.2 Å². The van der Waals surface area contributed by atoms with Crippen molar-refractivity contribution in [1.82, 2.24) is 20.3 Å². The number of nitrogens with zero attached hydrogens (tertiary/aromatic N) is 3. The van der Waals surface area contributed by atoms with Crippen LogP contribution in [0.1, 0.15) is 51.3 Å². The topological polar surface area (TPSA) is 74.8 Å². The molecular formula is C26H38N6. The Kier molecular flexibility index (Phi) is 11.2. The lowest BCUT2D eigenvalue weighted by Gasteiger charge is -2.11. The van der Waals surface area contributed by atoms with E-state index in [1.807, 2.05) is 25.2 Å². The molecule has 0 unspecified atom stereocenters. The molecule has 0 amide bonds. The molecule has 6 nitrogen and oxygen atoms in total. The van der Waals surface area contributed by atoms with Gasteiger partial charge in [0.2, 0.25) is 5.95 Å². The van der Waals surface area contributed by atoms with E-state index in [1.165, 1.54) is 18.4 Å². The fourth-order valence-corrected chi connectivity index (χ4v) is 3.27. The number of pyridine rings is 1. The van der Waals surface area contributed by atoms with Crippen molar-refractivity contribution in [2.24, 2.45) is 5.92 Å². The van der Waals surface area contributed by atoms with Gasteiger partial charge in [0.25, 0.3) is 0 Å². The molecule has 0 saturated heterocycles. The number of unbranched alkanes of at least 4 members (excludes halogenated alkanes) is 1. The fraction of sp³-hybridized carbons (Fsp3) is 0.423. The number of anilines is 2. The molecule has 0 fully saturated rings. The first-order valence-corrected chi connectivity index (χ1v) is 11.5. The Hall–Kier alpha value is -2.99. The third kappa shape index (κ3) is 8.63. The van der Waals surface area contributed by atoms with Gasteiger partial charge in [0, 0.05) is 37.1 Å². The average molecular weight is 435 g/mol. The zero-order chi connectivity index (χ0) is 23.2. The molecule has 0 atom stereocenters. The van der Waals surface area contributed by atoms with Crippen molar-refractivity contribution in [1.29, 1.82) is 0 Å². The summed E-state index contributed by atoms with van der Waals surface area (Å²) in [4.78, 5) is 13.3. The number of aromatic nitrogens is 3. The zero-order valence-electron chi connectivity index (χ0n) is 20.0. The van der Waals surface area contributed by atoms with E-state index in [9.17, 15) is 0 Å². The Bertz CT molecular complexity index is 901. The molecule has 0 saturated carbocycles. The summed E-state index contributed by atoms with van der Waals surface area (Å²) in [6.45, 7) is 13.6. The second kappa shape index (κ2) is 14.1. The number of hydrogen-bond acceptors (Lipinski definition) is 6. The summed E-state index contributed by atoms with van der Waals surface area (Å²) in [5.41, 5.74) is 3.86. The lowest BCUT2D eigenvalue weighted by atomic mass is 10.1. The van der Waals surface area contributed by atoms with Crippen molar-refractivity contribution in [2.75, 3.05) is 37.3 Å². The first kappa shape index (κ1) is 25.3. The van der Waals surface area contributed by atoms with Gasteiger partial charge in [0.1, 0.15) is 5.82 Å². The molecule has 0 spiro atoms. The van der Waals surface area contributed by atoms with Crippen molar-refractivity contribution in [3.8, 4) is 0 Å². The second-order valence-corrected chi connectivity index (χ2v) is 8.02. The van der Waals surface area contributed by atoms with E-state index >= 15 is 0 Å². The normalized spacial score (nSPS) is 11.8. The van der Waals surface area contributed by atoms with Gasteiger partial charge in [-0.1, -0.05) is 57.6 Å². The molecule has 0 aliphatic rings. The third-order valence-corrected chi connectivity index (χ3v) is 4.89. The Labute approximate surface area is 193 Å². The van der Waals surface area contributed by atoms with Gasteiger partial charge in [-0.2, -0.15) is 0 Å². The summed E-state index contributed by atoms with van der Waals surface area (Å²) in [7, 11) is 1.85. The Balaban J connectivity index is 1.95. The standard InChI is InChI=1S/C26H38N6/c1-6-7-14-28-17-12-22(19-20(2)3)10-8-16-30-26-31-18-13-24(32-26)21(4)23-11-9-15-29-25(23)27-5/h8-11,13,15,18-20,28H,4,6-7,12,14,16-17H2,1-3,5H3,(H,27,29)(H,30,31,32)/b10-8-,22-19+. The first-order chi connectivity index (χ1) is 15.5. The van der Waals surface area contributed by atoms with Crippen LogP contribution in [0.15, 0.2) is 61.0 Å². The molecule has 2 aromatic rings. The Morgan fingerprint density at radius 3 is 2.75 bits per heavy atom. The molecule has 0 aromatic carbocycles. The number of nitrogens with one attached hydrogen (secondary N) is 3. The highest BCUT2D eigenvalue weighted by Gasteiger charge is 2.10. The lowest BCUT2D eigenvalue weighted by molar-refractivity contribution is 0.639. The smallest absolute Gasteiger partial charge is 0.223 e. The fourth-order valence-electron chi connectivity index (χ4n) is 3.27. The minimum Gasteiger partial charge on any atom is -0.373 e. The largest absolute Gasteiger partial charge is 0.373 e. The van der Waals surface area contributed by atoms with Crippen molar-refractivity contribution in [3.63, 3.8) is 0 Å². The SMILES string of the molecule is C=C(c1ccnc(NC/C=C\C(=C/C(C)C)CCNCCCC)n1)c1cccnc1NC. The van der Waals surface area contributed by atoms with Crippen LogP contribution in [0, 0.1) is 5.92 Å². The summed E-state index contributed by atoms with van der Waals surface area (Å²) in [6.07, 6.45) is 13.6. The Morgan fingerprint density at radius 1 is 1.16 bits per heavy atom. The van der Waals surface area contributed by atoms with Crippen LogP contribution >= 0.6 is 0 Å². The van der Waals surface area contributed by atoms with Crippen molar-refractivity contribution >= 4 is 17.3 Å². The summed E-state index contributed by atoms with van der Waals surface area (Å²) in [5.74, 6) is 1.89. The van der Waals surface area contributed by atoms with Crippen molar-refractivity contribution in [3.05, 3.63) is 72.2 Å². The molecular weight excluding hydrogens is 396 g/mol. The average Bonchev–Trinajstić information content (AvgIpc) is 2.80. The zero-order valence-corrected chi connectivity index (χ0v) is 20.0. The lowest BCUT2D eigenvalue weighted by Crippen LogP contribution is -2.16. The second-order valence-electron chi connectivity index (χ2n) is 8.02. The van der Waals surface area contributed by atoms with Gasteiger partial charge < -0.3 is 16.0 Å². The molecule has 0 aliphatic heterocycles. The van der Waals surface area contributed by atoms with Crippen LogP contribution in [0.3, 0.4) is 0 Å². The molecule has 3 N–H and O–H groups in total. The number of hydrogen-bond donors (Lipinski definition) is 3. The van der Waals surface area contributed by atoms with E-state index in [0.29, 0.717) is 18.4 Å². The van der Waals surface area contributed by atoms with Crippen LogP contribution in [0.25, 0.3) is 5.57 Å². The van der Waals surface area contributed by atoms with Crippen LogP contribution in [-0.4, -0.2) is 41.6 Å². The van der Waals surface area contributed by atoms with E-state index in [2.05, 4.69) is 76.5 Å². The summed E-state index contributed by atoms with van der Waals surface area (Å²) >= 11 is 0. The van der Waals surface area contributed by atoms with Crippen LogP contribution in [0.4, 0.5) is 11.8 Å². The summed E-state index contributed by atoms with van der Waals surface area (Å²) in [6, 6.07) is 5.75. The number of rotatable bonds is 14. The molecule has 172 valence electrons. The van der Waals surface area contributed by atoms with Crippen molar-refractivity contribution < 1.29 is 0 Å². The highest BCUT2D eigenvalue weighted by molar-refractivity contribution is 5.82. The van der Waals surface area contributed by atoms with Gasteiger partial charge in [-0.25, -0.2) is 15.0 Å². The quantitative estimate of drug-likeness (QED) is 0.277. The minimum atomic E-state index is 0.527. The third-order valence-electron chi connectivity index (χ3n) is 4.89. The highest BCUT2D eigenvalue weighted by Crippen LogP contribution is 2.25. The van der Waals surface area contributed by atoms with E-state index in [1.54, 1.807) is 12.4 Å². The first-order valence-electron chi connectivity index (χ1n) is 11.5. The maximum absolute atomic E-state index is 4.63. The van der Waals surface area contributed by atoms with Gasteiger partial charge >= 0.3 is 0 Å².